The number of aromatic nitrogens is 3. The average molecular weight is 176 g/mol. The first-order valence-corrected chi connectivity index (χ1v) is 4.28. The number of nitrogens with zero attached hydrogens (tertiary/aromatic N) is 2. The van der Waals surface area contributed by atoms with E-state index in [1.165, 1.54) is 0 Å². The highest BCUT2D eigenvalue weighted by molar-refractivity contribution is 5.76. The van der Waals surface area contributed by atoms with Crippen LogP contribution in [0.15, 0.2) is 12.4 Å². The summed E-state index contributed by atoms with van der Waals surface area (Å²) in [4.78, 5) is 11.4. The lowest BCUT2D eigenvalue weighted by Gasteiger charge is -2.00. The molecule has 2 rings (SSSR count). The molecule has 2 aromatic rings. The zero-order valence-electron chi connectivity index (χ0n) is 7.70. The lowest BCUT2D eigenvalue weighted by molar-refractivity contribution is 0.873. The van der Waals surface area contributed by atoms with E-state index >= 15 is 0 Å². The van der Waals surface area contributed by atoms with Crippen molar-refractivity contribution in [2.75, 3.05) is 5.73 Å². The van der Waals surface area contributed by atoms with Crippen LogP contribution in [0.25, 0.3) is 11.2 Å². The Morgan fingerprint density at radius 2 is 2.23 bits per heavy atom. The van der Waals surface area contributed by atoms with Crippen LogP contribution in [-0.4, -0.2) is 15.0 Å². The minimum absolute atomic E-state index is 0.435. The van der Waals surface area contributed by atoms with Crippen LogP contribution in [0.2, 0.25) is 0 Å². The summed E-state index contributed by atoms with van der Waals surface area (Å²) >= 11 is 0. The number of anilines is 1. The van der Waals surface area contributed by atoms with E-state index in [9.17, 15) is 0 Å². The fourth-order valence-corrected chi connectivity index (χ4v) is 1.36. The second kappa shape index (κ2) is 2.73. The maximum atomic E-state index is 5.56. The van der Waals surface area contributed by atoms with Gasteiger partial charge in [0, 0.05) is 11.8 Å². The minimum Gasteiger partial charge on any atom is -0.382 e. The highest BCUT2D eigenvalue weighted by atomic mass is 15.0. The topological polar surface area (TPSA) is 67.6 Å². The van der Waals surface area contributed by atoms with E-state index in [1.54, 1.807) is 6.20 Å². The maximum absolute atomic E-state index is 5.56. The summed E-state index contributed by atoms with van der Waals surface area (Å²) in [7, 11) is 0. The Morgan fingerprint density at radius 1 is 1.46 bits per heavy atom. The Balaban J connectivity index is 2.71. The Morgan fingerprint density at radius 3 is 2.92 bits per heavy atom. The fourth-order valence-electron chi connectivity index (χ4n) is 1.36. The van der Waals surface area contributed by atoms with E-state index in [1.807, 2.05) is 6.20 Å². The number of rotatable bonds is 1. The summed E-state index contributed by atoms with van der Waals surface area (Å²) in [6.45, 7) is 4.24. The molecule has 0 aromatic carbocycles. The second-order valence-corrected chi connectivity index (χ2v) is 3.39. The number of H-pyrrole nitrogens is 1. The monoisotopic (exact) mass is 176 g/mol. The summed E-state index contributed by atoms with van der Waals surface area (Å²) in [5, 5.41) is 0. The van der Waals surface area contributed by atoms with E-state index in [-0.39, 0.29) is 0 Å². The van der Waals surface area contributed by atoms with E-state index in [0.717, 1.165) is 16.7 Å². The summed E-state index contributed by atoms with van der Waals surface area (Å²) in [5.41, 5.74) is 8.41. The van der Waals surface area contributed by atoms with E-state index in [4.69, 9.17) is 5.73 Å². The summed E-state index contributed by atoms with van der Waals surface area (Å²) in [6.07, 6.45) is 3.50. The van der Waals surface area contributed by atoms with Crippen LogP contribution in [0, 0.1) is 0 Å². The van der Waals surface area contributed by atoms with Crippen molar-refractivity contribution in [3.8, 4) is 0 Å². The molecule has 2 aromatic heterocycles. The third kappa shape index (κ3) is 1.24. The van der Waals surface area contributed by atoms with Gasteiger partial charge in [0.2, 0.25) is 0 Å². The number of nitrogen functional groups attached to an aromatic ring is 1. The van der Waals surface area contributed by atoms with Gasteiger partial charge in [-0.1, -0.05) is 13.8 Å². The van der Waals surface area contributed by atoms with Gasteiger partial charge in [-0.05, 0) is 5.92 Å². The van der Waals surface area contributed by atoms with Crippen molar-refractivity contribution < 1.29 is 0 Å². The standard InChI is InChI=1S/C9H12N4/c1-5(2)6-3-11-9-8(6)13-7(10)4-12-9/h3-5H,1-2H3,(H2,10,13)(H,11,12). The van der Waals surface area contributed by atoms with Crippen LogP contribution in [0.5, 0.6) is 0 Å². The third-order valence-corrected chi connectivity index (χ3v) is 2.05. The molecule has 0 saturated heterocycles. The molecule has 3 N–H and O–H groups in total. The van der Waals surface area contributed by atoms with Gasteiger partial charge in [-0.2, -0.15) is 0 Å². The van der Waals surface area contributed by atoms with Crippen LogP contribution in [0.1, 0.15) is 25.3 Å². The molecule has 0 unspecified atom stereocenters. The molecule has 0 saturated carbocycles. The zero-order valence-corrected chi connectivity index (χ0v) is 7.70. The molecule has 0 atom stereocenters. The van der Waals surface area contributed by atoms with Gasteiger partial charge < -0.3 is 10.7 Å². The molecule has 0 bridgehead atoms. The van der Waals surface area contributed by atoms with Crippen molar-refractivity contribution in [3.05, 3.63) is 18.0 Å². The highest BCUT2D eigenvalue weighted by Gasteiger charge is 2.09. The van der Waals surface area contributed by atoms with Gasteiger partial charge >= 0.3 is 0 Å². The Bertz CT molecular complexity index is 430. The molecule has 2 heterocycles. The summed E-state index contributed by atoms with van der Waals surface area (Å²) in [5.74, 6) is 0.902. The predicted molar refractivity (Wildman–Crippen MR) is 52.4 cm³/mol. The van der Waals surface area contributed by atoms with Crippen molar-refractivity contribution in [1.29, 1.82) is 0 Å². The first-order chi connectivity index (χ1) is 6.18. The van der Waals surface area contributed by atoms with E-state index in [2.05, 4.69) is 28.8 Å². The Labute approximate surface area is 76.2 Å². The highest BCUT2D eigenvalue weighted by Crippen LogP contribution is 2.22. The van der Waals surface area contributed by atoms with Gasteiger partial charge in [0.25, 0.3) is 0 Å². The number of nitrogens with two attached hydrogens (primary N) is 1. The molecular formula is C9H12N4. The number of aromatic amines is 1. The van der Waals surface area contributed by atoms with Gasteiger partial charge in [0.05, 0.1) is 6.20 Å². The normalized spacial score (nSPS) is 11.3. The molecule has 0 fully saturated rings. The fraction of sp³-hybridized carbons (Fsp3) is 0.333. The van der Waals surface area contributed by atoms with Crippen LogP contribution >= 0.6 is 0 Å². The lowest BCUT2D eigenvalue weighted by Crippen LogP contribution is -1.93. The Hall–Kier alpha value is -1.58. The quantitative estimate of drug-likeness (QED) is 0.694. The SMILES string of the molecule is CC(C)c1c[nH]c2ncc(N)nc12. The molecule has 68 valence electrons. The Kier molecular flexibility index (Phi) is 1.69. The number of nitrogens with one attached hydrogen (secondary N) is 1. The molecule has 13 heavy (non-hydrogen) atoms. The first kappa shape index (κ1) is 8.04. The van der Waals surface area contributed by atoms with Crippen LogP contribution in [-0.2, 0) is 0 Å². The van der Waals surface area contributed by atoms with Crippen LogP contribution < -0.4 is 5.73 Å². The van der Waals surface area contributed by atoms with Gasteiger partial charge in [-0.3, -0.25) is 0 Å². The van der Waals surface area contributed by atoms with Gasteiger partial charge in [-0.25, -0.2) is 9.97 Å². The zero-order chi connectivity index (χ0) is 9.42. The largest absolute Gasteiger partial charge is 0.382 e. The summed E-state index contributed by atoms with van der Waals surface area (Å²) < 4.78 is 0. The van der Waals surface area contributed by atoms with Gasteiger partial charge in [0.1, 0.15) is 11.3 Å². The molecule has 4 nitrogen and oxygen atoms in total. The molecule has 0 aliphatic carbocycles. The van der Waals surface area contributed by atoms with E-state index < -0.39 is 0 Å². The van der Waals surface area contributed by atoms with Gasteiger partial charge in [0.15, 0.2) is 5.65 Å². The van der Waals surface area contributed by atoms with Crippen LogP contribution in [0.3, 0.4) is 0 Å². The minimum atomic E-state index is 0.435. The molecular weight excluding hydrogens is 164 g/mol. The van der Waals surface area contributed by atoms with Gasteiger partial charge in [-0.15, -0.1) is 0 Å². The first-order valence-electron chi connectivity index (χ1n) is 4.28. The molecule has 0 aliphatic heterocycles. The molecule has 0 aliphatic rings. The lowest BCUT2D eigenvalue weighted by atomic mass is 10.1. The second-order valence-electron chi connectivity index (χ2n) is 3.39. The number of hydrogen-bond acceptors (Lipinski definition) is 3. The smallest absolute Gasteiger partial charge is 0.156 e. The van der Waals surface area contributed by atoms with Crippen LogP contribution in [0.4, 0.5) is 5.82 Å². The number of fused-ring (bicyclic) bond motifs is 1. The molecule has 0 amide bonds. The molecule has 0 radical (unpaired) electrons. The average Bonchev–Trinajstić information content (AvgIpc) is 2.46. The van der Waals surface area contributed by atoms with Crippen molar-refractivity contribution in [3.63, 3.8) is 0 Å². The molecule has 4 heteroatoms. The van der Waals surface area contributed by atoms with Crippen molar-refractivity contribution in [2.24, 2.45) is 0 Å². The van der Waals surface area contributed by atoms with Crippen molar-refractivity contribution in [2.45, 2.75) is 19.8 Å². The van der Waals surface area contributed by atoms with Crippen molar-refractivity contribution >= 4 is 17.0 Å². The van der Waals surface area contributed by atoms with E-state index in [0.29, 0.717) is 11.7 Å². The van der Waals surface area contributed by atoms with Crippen molar-refractivity contribution in [1.82, 2.24) is 15.0 Å². The number of hydrogen-bond donors (Lipinski definition) is 2. The molecule has 0 spiro atoms. The predicted octanol–water partition coefficient (Wildman–Crippen LogP) is 1.66. The third-order valence-electron chi connectivity index (χ3n) is 2.05. The maximum Gasteiger partial charge on any atom is 0.156 e. The summed E-state index contributed by atoms with van der Waals surface area (Å²) in [6, 6.07) is 0.